The third-order valence-electron chi connectivity index (χ3n) is 1.88. The minimum absolute atomic E-state index is 0.0275. The molecule has 0 radical (unpaired) electrons. The summed E-state index contributed by atoms with van der Waals surface area (Å²) in [6, 6.07) is 3.34. The Kier molecular flexibility index (Phi) is 3.10. The van der Waals surface area contributed by atoms with Crippen molar-refractivity contribution in [1.82, 2.24) is 0 Å². The Bertz CT molecular complexity index is 357. The Morgan fingerprint density at radius 3 is 2.57 bits per heavy atom. The van der Waals surface area contributed by atoms with Gasteiger partial charge in [-0.3, -0.25) is 0 Å². The summed E-state index contributed by atoms with van der Waals surface area (Å²) in [5.74, 6) is 1.30. The molecule has 0 amide bonds. The van der Waals surface area contributed by atoms with Crippen LogP contribution in [0.2, 0.25) is 10.0 Å². The van der Waals surface area contributed by atoms with E-state index in [0.717, 1.165) is 5.33 Å². The standard InChI is InChI=1S/C9H7BrCl2O2/c10-3-5-4-13-8-1-6(11)7(12)2-9(8)14-5/h1-2,5H,3-4H2. The molecule has 0 bridgehead atoms. The number of fused-ring (bicyclic) bond motifs is 1. The number of alkyl halides is 1. The van der Waals surface area contributed by atoms with E-state index in [9.17, 15) is 0 Å². The molecule has 0 saturated heterocycles. The first-order valence-electron chi connectivity index (χ1n) is 4.05. The van der Waals surface area contributed by atoms with E-state index < -0.39 is 0 Å². The number of ether oxygens (including phenoxy) is 2. The van der Waals surface area contributed by atoms with E-state index in [-0.39, 0.29) is 6.10 Å². The fraction of sp³-hybridized carbons (Fsp3) is 0.333. The zero-order valence-electron chi connectivity index (χ0n) is 7.10. The number of benzene rings is 1. The van der Waals surface area contributed by atoms with Crippen LogP contribution in [0.25, 0.3) is 0 Å². The van der Waals surface area contributed by atoms with Gasteiger partial charge in [-0.2, -0.15) is 0 Å². The van der Waals surface area contributed by atoms with Gasteiger partial charge < -0.3 is 9.47 Å². The third kappa shape index (κ3) is 1.95. The monoisotopic (exact) mass is 296 g/mol. The SMILES string of the molecule is Clc1cc2c(cc1Cl)OC(CBr)CO2. The molecule has 1 atom stereocenters. The van der Waals surface area contributed by atoms with E-state index in [1.165, 1.54) is 0 Å². The molecule has 2 nitrogen and oxygen atoms in total. The summed E-state index contributed by atoms with van der Waals surface area (Å²) in [5.41, 5.74) is 0. The molecule has 0 aliphatic carbocycles. The maximum atomic E-state index is 5.86. The van der Waals surface area contributed by atoms with Gasteiger partial charge in [0.2, 0.25) is 0 Å². The molecule has 2 rings (SSSR count). The van der Waals surface area contributed by atoms with Crippen molar-refractivity contribution in [3.05, 3.63) is 22.2 Å². The lowest BCUT2D eigenvalue weighted by atomic mass is 10.3. The summed E-state index contributed by atoms with van der Waals surface area (Å²) in [7, 11) is 0. The Morgan fingerprint density at radius 1 is 1.29 bits per heavy atom. The molecule has 1 aliphatic rings. The van der Waals surface area contributed by atoms with Gasteiger partial charge in [-0.15, -0.1) is 0 Å². The number of hydrogen-bond acceptors (Lipinski definition) is 2. The van der Waals surface area contributed by atoms with Crippen molar-refractivity contribution in [2.24, 2.45) is 0 Å². The van der Waals surface area contributed by atoms with Gasteiger partial charge in [0.05, 0.1) is 10.0 Å². The molecule has 1 aromatic carbocycles. The molecular formula is C9H7BrCl2O2. The second-order valence-corrected chi connectivity index (χ2v) is 4.38. The lowest BCUT2D eigenvalue weighted by Crippen LogP contribution is -2.30. The van der Waals surface area contributed by atoms with E-state index in [2.05, 4.69) is 15.9 Å². The molecule has 14 heavy (non-hydrogen) atoms. The molecular weight excluding hydrogens is 291 g/mol. The fourth-order valence-electron chi connectivity index (χ4n) is 1.19. The minimum atomic E-state index is 0.0275. The summed E-state index contributed by atoms with van der Waals surface area (Å²) in [4.78, 5) is 0. The summed E-state index contributed by atoms with van der Waals surface area (Å²) in [6.45, 7) is 0.524. The number of rotatable bonds is 1. The van der Waals surface area contributed by atoms with Gasteiger partial charge in [0.1, 0.15) is 12.7 Å². The van der Waals surface area contributed by atoms with E-state index in [0.29, 0.717) is 28.2 Å². The van der Waals surface area contributed by atoms with Gasteiger partial charge >= 0.3 is 0 Å². The van der Waals surface area contributed by atoms with Crippen molar-refractivity contribution >= 4 is 39.1 Å². The zero-order valence-corrected chi connectivity index (χ0v) is 10.2. The van der Waals surface area contributed by atoms with Crippen molar-refractivity contribution in [2.75, 3.05) is 11.9 Å². The molecule has 0 spiro atoms. The first-order valence-corrected chi connectivity index (χ1v) is 5.93. The summed E-state index contributed by atoms with van der Waals surface area (Å²) in [5, 5.41) is 1.68. The predicted molar refractivity (Wildman–Crippen MR) is 60.2 cm³/mol. The highest BCUT2D eigenvalue weighted by Gasteiger charge is 2.21. The Balaban J connectivity index is 2.33. The van der Waals surface area contributed by atoms with Crippen LogP contribution in [0.3, 0.4) is 0 Å². The highest BCUT2D eigenvalue weighted by atomic mass is 79.9. The van der Waals surface area contributed by atoms with E-state index in [1.807, 2.05) is 0 Å². The van der Waals surface area contributed by atoms with Crippen LogP contribution in [0.1, 0.15) is 0 Å². The highest BCUT2D eigenvalue weighted by molar-refractivity contribution is 9.09. The Morgan fingerprint density at radius 2 is 1.93 bits per heavy atom. The highest BCUT2D eigenvalue weighted by Crippen LogP contribution is 2.38. The summed E-state index contributed by atoms with van der Waals surface area (Å²) >= 11 is 15.0. The van der Waals surface area contributed by atoms with Gasteiger partial charge in [-0.1, -0.05) is 39.1 Å². The van der Waals surface area contributed by atoms with Crippen LogP contribution in [0.5, 0.6) is 11.5 Å². The van der Waals surface area contributed by atoms with Crippen LogP contribution in [0, 0.1) is 0 Å². The summed E-state index contributed by atoms with van der Waals surface area (Å²) < 4.78 is 11.1. The van der Waals surface area contributed by atoms with Crippen molar-refractivity contribution in [3.63, 3.8) is 0 Å². The molecule has 1 unspecified atom stereocenters. The molecule has 0 N–H and O–H groups in total. The zero-order chi connectivity index (χ0) is 10.1. The Labute approximate surface area is 100 Å². The van der Waals surface area contributed by atoms with Crippen LogP contribution in [0.4, 0.5) is 0 Å². The van der Waals surface area contributed by atoms with Crippen LogP contribution in [-0.2, 0) is 0 Å². The predicted octanol–water partition coefficient (Wildman–Crippen LogP) is 3.53. The molecule has 1 aromatic rings. The number of halogens is 3. The van der Waals surface area contributed by atoms with E-state index in [4.69, 9.17) is 32.7 Å². The van der Waals surface area contributed by atoms with Gasteiger partial charge in [0.25, 0.3) is 0 Å². The second kappa shape index (κ2) is 4.17. The molecule has 1 aliphatic heterocycles. The second-order valence-electron chi connectivity index (χ2n) is 2.92. The van der Waals surface area contributed by atoms with Gasteiger partial charge in [0.15, 0.2) is 11.5 Å². The molecule has 5 heteroatoms. The third-order valence-corrected chi connectivity index (χ3v) is 3.32. The van der Waals surface area contributed by atoms with Crippen molar-refractivity contribution < 1.29 is 9.47 Å². The normalized spacial score (nSPS) is 19.5. The van der Waals surface area contributed by atoms with E-state index in [1.54, 1.807) is 12.1 Å². The average Bonchev–Trinajstić information content (AvgIpc) is 2.19. The minimum Gasteiger partial charge on any atom is -0.486 e. The van der Waals surface area contributed by atoms with Gasteiger partial charge in [-0.25, -0.2) is 0 Å². The maximum absolute atomic E-state index is 5.86. The van der Waals surface area contributed by atoms with E-state index >= 15 is 0 Å². The Hall–Kier alpha value is -0.120. The maximum Gasteiger partial charge on any atom is 0.163 e. The summed E-state index contributed by atoms with van der Waals surface area (Å²) in [6.07, 6.45) is 0.0275. The van der Waals surface area contributed by atoms with Crippen LogP contribution < -0.4 is 9.47 Å². The quantitative estimate of drug-likeness (QED) is 0.738. The van der Waals surface area contributed by atoms with Crippen molar-refractivity contribution in [1.29, 1.82) is 0 Å². The van der Waals surface area contributed by atoms with Gasteiger partial charge in [0, 0.05) is 17.5 Å². The molecule has 0 aromatic heterocycles. The number of hydrogen-bond donors (Lipinski definition) is 0. The lowest BCUT2D eigenvalue weighted by molar-refractivity contribution is 0.108. The molecule has 0 saturated carbocycles. The lowest BCUT2D eigenvalue weighted by Gasteiger charge is -2.25. The topological polar surface area (TPSA) is 18.5 Å². The van der Waals surface area contributed by atoms with Gasteiger partial charge in [-0.05, 0) is 0 Å². The molecule has 0 fully saturated rings. The van der Waals surface area contributed by atoms with Crippen LogP contribution >= 0.6 is 39.1 Å². The smallest absolute Gasteiger partial charge is 0.163 e. The fourth-order valence-corrected chi connectivity index (χ4v) is 1.81. The first-order chi connectivity index (χ1) is 6.70. The first kappa shape index (κ1) is 10.4. The largest absolute Gasteiger partial charge is 0.486 e. The van der Waals surface area contributed by atoms with Crippen LogP contribution in [-0.4, -0.2) is 18.0 Å². The van der Waals surface area contributed by atoms with Crippen molar-refractivity contribution in [3.8, 4) is 11.5 Å². The van der Waals surface area contributed by atoms with Crippen molar-refractivity contribution in [2.45, 2.75) is 6.10 Å². The molecule has 76 valence electrons. The molecule has 1 heterocycles. The average molecular weight is 298 g/mol. The van der Waals surface area contributed by atoms with Crippen LogP contribution in [0.15, 0.2) is 12.1 Å².